The highest BCUT2D eigenvalue weighted by Crippen LogP contribution is 2.32. The quantitative estimate of drug-likeness (QED) is 0.882. The summed E-state index contributed by atoms with van der Waals surface area (Å²) in [5.41, 5.74) is 7.14. The van der Waals surface area contributed by atoms with E-state index in [0.29, 0.717) is 5.92 Å². The van der Waals surface area contributed by atoms with E-state index in [-0.39, 0.29) is 6.04 Å². The van der Waals surface area contributed by atoms with Crippen LogP contribution >= 0.6 is 27.5 Å². The molecule has 78 valence electrons. The van der Waals surface area contributed by atoms with Gasteiger partial charge < -0.3 is 5.73 Å². The number of hydrogen-bond donors (Lipinski definition) is 1. The molecule has 0 radical (unpaired) electrons. The van der Waals surface area contributed by atoms with Gasteiger partial charge in [-0.3, -0.25) is 0 Å². The highest BCUT2D eigenvalue weighted by Gasteiger charge is 2.16. The van der Waals surface area contributed by atoms with Crippen LogP contribution in [0.3, 0.4) is 0 Å². The van der Waals surface area contributed by atoms with Crippen LogP contribution in [-0.4, -0.2) is 0 Å². The van der Waals surface area contributed by atoms with Crippen LogP contribution in [0.5, 0.6) is 0 Å². The molecule has 0 fully saturated rings. The molecule has 0 heterocycles. The van der Waals surface area contributed by atoms with E-state index in [1.165, 1.54) is 0 Å². The molecule has 1 rings (SSSR count). The number of benzene rings is 1. The first-order valence-corrected chi connectivity index (χ1v) is 5.94. The van der Waals surface area contributed by atoms with E-state index in [1.807, 2.05) is 18.2 Å². The molecule has 0 saturated heterocycles. The molecule has 3 heteroatoms. The number of rotatable bonds is 3. The molecule has 2 unspecified atom stereocenters. The van der Waals surface area contributed by atoms with Crippen molar-refractivity contribution in [2.45, 2.75) is 26.3 Å². The summed E-state index contributed by atoms with van der Waals surface area (Å²) in [6, 6.07) is 5.90. The maximum absolute atomic E-state index is 6.16. The van der Waals surface area contributed by atoms with Crippen LogP contribution in [0, 0.1) is 5.92 Å². The normalized spacial score (nSPS) is 15.2. The highest BCUT2D eigenvalue weighted by atomic mass is 79.9. The van der Waals surface area contributed by atoms with E-state index in [1.54, 1.807) is 0 Å². The molecule has 1 nitrogen and oxygen atoms in total. The zero-order valence-electron chi connectivity index (χ0n) is 8.43. The molecular formula is C11H15BrClN. The average molecular weight is 277 g/mol. The van der Waals surface area contributed by atoms with Crippen molar-refractivity contribution in [2.24, 2.45) is 11.7 Å². The summed E-state index contributed by atoms with van der Waals surface area (Å²) in [5, 5.41) is 0.736. The molecule has 2 N–H and O–H groups in total. The number of nitrogens with two attached hydrogens (primary N) is 1. The van der Waals surface area contributed by atoms with Crippen molar-refractivity contribution >= 4 is 27.5 Å². The summed E-state index contributed by atoms with van der Waals surface area (Å²) in [6.45, 7) is 4.28. The van der Waals surface area contributed by atoms with E-state index in [2.05, 4.69) is 29.8 Å². The maximum atomic E-state index is 6.16. The van der Waals surface area contributed by atoms with Crippen LogP contribution in [0.4, 0.5) is 0 Å². The molecular weight excluding hydrogens is 261 g/mol. The Hall–Kier alpha value is -0.0500. The third kappa shape index (κ3) is 2.50. The van der Waals surface area contributed by atoms with E-state index >= 15 is 0 Å². The lowest BCUT2D eigenvalue weighted by Crippen LogP contribution is -2.18. The first kappa shape index (κ1) is 12.0. The molecule has 14 heavy (non-hydrogen) atoms. The molecule has 0 spiro atoms. The van der Waals surface area contributed by atoms with Gasteiger partial charge in [0.25, 0.3) is 0 Å². The lowest BCUT2D eigenvalue weighted by Gasteiger charge is -2.20. The summed E-state index contributed by atoms with van der Waals surface area (Å²) < 4.78 is 0.912. The Morgan fingerprint density at radius 1 is 1.50 bits per heavy atom. The first-order valence-electron chi connectivity index (χ1n) is 4.77. The fourth-order valence-electron chi connectivity index (χ4n) is 1.34. The summed E-state index contributed by atoms with van der Waals surface area (Å²) in [5.74, 6) is 0.446. The van der Waals surface area contributed by atoms with Crippen LogP contribution in [0.1, 0.15) is 31.9 Å². The van der Waals surface area contributed by atoms with Gasteiger partial charge in [0.1, 0.15) is 0 Å². The van der Waals surface area contributed by atoms with Crippen LogP contribution in [0.15, 0.2) is 22.7 Å². The summed E-state index contributed by atoms with van der Waals surface area (Å²) in [7, 11) is 0. The fourth-order valence-corrected chi connectivity index (χ4v) is 1.97. The van der Waals surface area contributed by atoms with Gasteiger partial charge in [-0.05, 0) is 33.5 Å². The van der Waals surface area contributed by atoms with E-state index in [0.717, 1.165) is 21.5 Å². The second kappa shape index (κ2) is 5.15. The van der Waals surface area contributed by atoms with Gasteiger partial charge in [0.05, 0.1) is 5.02 Å². The minimum Gasteiger partial charge on any atom is -0.324 e. The average Bonchev–Trinajstić information content (AvgIpc) is 2.20. The largest absolute Gasteiger partial charge is 0.324 e. The van der Waals surface area contributed by atoms with Crippen LogP contribution in [0.2, 0.25) is 5.02 Å². The van der Waals surface area contributed by atoms with Crippen molar-refractivity contribution in [1.82, 2.24) is 0 Å². The lowest BCUT2D eigenvalue weighted by molar-refractivity contribution is 0.457. The van der Waals surface area contributed by atoms with E-state index in [4.69, 9.17) is 17.3 Å². The molecule has 0 aliphatic carbocycles. The third-order valence-corrected chi connectivity index (χ3v) is 3.91. The van der Waals surface area contributed by atoms with Crippen LogP contribution in [-0.2, 0) is 0 Å². The smallest absolute Gasteiger partial charge is 0.0595 e. The van der Waals surface area contributed by atoms with Gasteiger partial charge in [-0.25, -0.2) is 0 Å². The molecule has 1 aromatic rings. The topological polar surface area (TPSA) is 26.0 Å². The Balaban J connectivity index is 3.01. The zero-order chi connectivity index (χ0) is 10.7. The van der Waals surface area contributed by atoms with E-state index < -0.39 is 0 Å². The standard InChI is InChI=1S/C11H15BrClN/c1-3-7(2)11(14)8-5-4-6-9(12)10(8)13/h4-7,11H,3,14H2,1-2H3. The molecule has 1 aromatic carbocycles. The molecule has 0 aromatic heterocycles. The van der Waals surface area contributed by atoms with Crippen molar-refractivity contribution in [3.63, 3.8) is 0 Å². The van der Waals surface area contributed by atoms with Gasteiger partial charge in [-0.1, -0.05) is 44.0 Å². The predicted octanol–water partition coefficient (Wildman–Crippen LogP) is 4.15. The van der Waals surface area contributed by atoms with Crippen molar-refractivity contribution in [3.05, 3.63) is 33.3 Å². The fraction of sp³-hybridized carbons (Fsp3) is 0.455. The minimum absolute atomic E-state index is 0.0185. The monoisotopic (exact) mass is 275 g/mol. The van der Waals surface area contributed by atoms with Crippen molar-refractivity contribution in [2.75, 3.05) is 0 Å². The molecule has 0 amide bonds. The van der Waals surface area contributed by atoms with Gasteiger partial charge in [-0.2, -0.15) is 0 Å². The van der Waals surface area contributed by atoms with Crippen molar-refractivity contribution in [3.8, 4) is 0 Å². The molecule has 0 bridgehead atoms. The number of hydrogen-bond acceptors (Lipinski definition) is 1. The summed E-state index contributed by atoms with van der Waals surface area (Å²) in [6.07, 6.45) is 1.06. The first-order chi connectivity index (χ1) is 6.57. The summed E-state index contributed by atoms with van der Waals surface area (Å²) in [4.78, 5) is 0. The maximum Gasteiger partial charge on any atom is 0.0595 e. The molecule has 0 saturated carbocycles. The van der Waals surface area contributed by atoms with Crippen molar-refractivity contribution < 1.29 is 0 Å². The van der Waals surface area contributed by atoms with Crippen LogP contribution < -0.4 is 5.73 Å². The number of halogens is 2. The van der Waals surface area contributed by atoms with Gasteiger partial charge in [0, 0.05) is 10.5 Å². The minimum atomic E-state index is 0.0185. The second-order valence-corrected chi connectivity index (χ2v) is 4.79. The Morgan fingerprint density at radius 3 is 2.71 bits per heavy atom. The Kier molecular flexibility index (Phi) is 4.42. The molecule has 0 aliphatic heterocycles. The van der Waals surface area contributed by atoms with Crippen LogP contribution in [0.25, 0.3) is 0 Å². The second-order valence-electron chi connectivity index (χ2n) is 3.55. The summed E-state index contributed by atoms with van der Waals surface area (Å²) >= 11 is 9.56. The van der Waals surface area contributed by atoms with E-state index in [9.17, 15) is 0 Å². The van der Waals surface area contributed by atoms with Gasteiger partial charge in [-0.15, -0.1) is 0 Å². The predicted molar refractivity (Wildman–Crippen MR) is 65.5 cm³/mol. The zero-order valence-corrected chi connectivity index (χ0v) is 10.8. The molecule has 0 aliphatic rings. The van der Waals surface area contributed by atoms with Gasteiger partial charge >= 0.3 is 0 Å². The van der Waals surface area contributed by atoms with Gasteiger partial charge in [0.15, 0.2) is 0 Å². The van der Waals surface area contributed by atoms with Crippen molar-refractivity contribution in [1.29, 1.82) is 0 Å². The Morgan fingerprint density at radius 2 is 2.14 bits per heavy atom. The highest BCUT2D eigenvalue weighted by molar-refractivity contribution is 9.10. The SMILES string of the molecule is CCC(C)C(N)c1cccc(Br)c1Cl. The third-order valence-electron chi connectivity index (χ3n) is 2.60. The Bertz CT molecular complexity index is 314. The van der Waals surface area contributed by atoms with Gasteiger partial charge in [0.2, 0.25) is 0 Å². The lowest BCUT2D eigenvalue weighted by atomic mass is 9.93. The molecule has 2 atom stereocenters. The Labute approximate surface area is 98.8 Å².